The lowest BCUT2D eigenvalue weighted by Gasteiger charge is -2.68. The van der Waals surface area contributed by atoms with Crippen molar-refractivity contribution in [3.05, 3.63) is 23.3 Å². The van der Waals surface area contributed by atoms with Gasteiger partial charge in [0.05, 0.1) is 18.1 Å². The van der Waals surface area contributed by atoms with E-state index in [-0.39, 0.29) is 63.0 Å². The first-order chi connectivity index (χ1) is 16.7. The Bertz CT molecular complexity index is 1160. The summed E-state index contributed by atoms with van der Waals surface area (Å²) in [5, 5.41) is 9.75. The molecule has 0 aromatic rings. The van der Waals surface area contributed by atoms with Crippen molar-refractivity contribution in [3.63, 3.8) is 0 Å². The number of allylic oxidation sites excluding steroid dienone is 4. The van der Waals surface area contributed by atoms with Gasteiger partial charge in [-0.05, 0) is 79.1 Å². The SMILES string of the molecule is COC(=O)[C@]12CCC(C)(C)CC1C1C(=O)C=C3[C@@]4(C)C=C(C#N)C(=O)[C@@H](C)[C@@H]4CC[C@@]3(C)[C@]1(C)CC2. The van der Waals surface area contributed by atoms with Gasteiger partial charge < -0.3 is 4.74 Å². The second-order valence-electron chi connectivity index (χ2n) is 14.1. The maximum absolute atomic E-state index is 14.3. The minimum Gasteiger partial charge on any atom is -0.469 e. The van der Waals surface area contributed by atoms with E-state index in [0.717, 1.165) is 50.5 Å². The summed E-state index contributed by atoms with van der Waals surface area (Å²) in [5.41, 5.74) is -0.249. The van der Waals surface area contributed by atoms with E-state index in [1.165, 1.54) is 7.11 Å². The van der Waals surface area contributed by atoms with Crippen LogP contribution in [0.4, 0.5) is 0 Å². The molecule has 2 unspecified atom stereocenters. The van der Waals surface area contributed by atoms with Gasteiger partial charge in [-0.15, -0.1) is 0 Å². The maximum atomic E-state index is 14.3. The lowest BCUT2D eigenvalue weighted by atomic mass is 9.35. The molecule has 0 aromatic carbocycles. The van der Waals surface area contributed by atoms with Crippen molar-refractivity contribution in [1.82, 2.24) is 0 Å². The Morgan fingerprint density at radius 2 is 1.69 bits per heavy atom. The van der Waals surface area contributed by atoms with Crippen LogP contribution in [0.15, 0.2) is 23.3 Å². The van der Waals surface area contributed by atoms with E-state index >= 15 is 0 Å². The number of ether oxygens (including phenoxy) is 1. The van der Waals surface area contributed by atoms with Gasteiger partial charge in [0.15, 0.2) is 11.6 Å². The highest BCUT2D eigenvalue weighted by Crippen LogP contribution is 2.73. The molecule has 0 bridgehead atoms. The molecule has 3 fully saturated rings. The lowest BCUT2D eigenvalue weighted by molar-refractivity contribution is -0.190. The fourth-order valence-electron chi connectivity index (χ4n) is 9.81. The molecule has 0 heterocycles. The molecule has 5 nitrogen and oxygen atoms in total. The quantitative estimate of drug-likeness (QED) is 0.421. The van der Waals surface area contributed by atoms with Crippen molar-refractivity contribution in [2.45, 2.75) is 86.5 Å². The first kappa shape index (κ1) is 25.4. The van der Waals surface area contributed by atoms with Crippen LogP contribution in [-0.2, 0) is 19.1 Å². The molecule has 0 radical (unpaired) electrons. The number of rotatable bonds is 1. The van der Waals surface area contributed by atoms with E-state index < -0.39 is 10.8 Å². The Balaban J connectivity index is 1.69. The number of nitrogens with zero attached hydrogens (tertiary/aromatic N) is 1. The van der Waals surface area contributed by atoms with Gasteiger partial charge in [-0.25, -0.2) is 0 Å². The number of carbonyl (C=O) groups excluding carboxylic acids is 3. The van der Waals surface area contributed by atoms with Crippen LogP contribution in [0.3, 0.4) is 0 Å². The smallest absolute Gasteiger partial charge is 0.312 e. The first-order valence-corrected chi connectivity index (χ1v) is 13.7. The van der Waals surface area contributed by atoms with Gasteiger partial charge >= 0.3 is 5.97 Å². The summed E-state index contributed by atoms with van der Waals surface area (Å²) in [6.07, 6.45) is 9.70. The molecule has 5 rings (SSSR count). The monoisotopic (exact) mass is 491 g/mol. The molecular weight excluding hydrogens is 450 g/mol. The van der Waals surface area contributed by atoms with E-state index in [1.807, 2.05) is 19.1 Å². The van der Waals surface area contributed by atoms with Gasteiger partial charge in [0.2, 0.25) is 0 Å². The molecule has 5 heteroatoms. The lowest BCUT2D eigenvalue weighted by Crippen LogP contribution is -2.65. The number of methoxy groups -OCH3 is 1. The summed E-state index contributed by atoms with van der Waals surface area (Å²) in [7, 11) is 1.48. The van der Waals surface area contributed by atoms with E-state index in [0.29, 0.717) is 0 Å². The van der Waals surface area contributed by atoms with Gasteiger partial charge in [0.1, 0.15) is 6.07 Å². The van der Waals surface area contributed by atoms with Crippen molar-refractivity contribution in [2.24, 2.45) is 50.7 Å². The number of nitriles is 1. The zero-order chi connectivity index (χ0) is 26.5. The molecule has 0 spiro atoms. The van der Waals surface area contributed by atoms with E-state index in [2.05, 4.69) is 40.7 Å². The number of esters is 1. The fourth-order valence-corrected chi connectivity index (χ4v) is 9.81. The number of Topliss-reactive ketones (excluding diaryl/α,β-unsaturated/α-hetero) is 1. The van der Waals surface area contributed by atoms with E-state index in [4.69, 9.17) is 4.74 Å². The van der Waals surface area contributed by atoms with Crippen LogP contribution >= 0.6 is 0 Å². The third-order valence-corrected chi connectivity index (χ3v) is 12.1. The molecule has 194 valence electrons. The topological polar surface area (TPSA) is 84.2 Å². The Morgan fingerprint density at radius 1 is 1.03 bits per heavy atom. The van der Waals surface area contributed by atoms with Crippen molar-refractivity contribution >= 4 is 17.5 Å². The van der Waals surface area contributed by atoms with Crippen molar-refractivity contribution < 1.29 is 19.1 Å². The van der Waals surface area contributed by atoms with Gasteiger partial charge in [0, 0.05) is 17.3 Å². The molecule has 5 aliphatic rings. The molecule has 0 saturated heterocycles. The third kappa shape index (κ3) is 2.96. The van der Waals surface area contributed by atoms with Crippen LogP contribution in [0.5, 0.6) is 0 Å². The van der Waals surface area contributed by atoms with Crippen LogP contribution in [0.25, 0.3) is 0 Å². The number of hydrogen-bond donors (Lipinski definition) is 0. The minimum absolute atomic E-state index is 0.0443. The highest BCUT2D eigenvalue weighted by atomic mass is 16.5. The second-order valence-corrected chi connectivity index (χ2v) is 14.1. The summed E-state index contributed by atoms with van der Waals surface area (Å²) in [4.78, 5) is 40.5. The molecule has 8 atom stereocenters. The van der Waals surface area contributed by atoms with Gasteiger partial charge in [-0.1, -0.05) is 53.2 Å². The molecule has 36 heavy (non-hydrogen) atoms. The van der Waals surface area contributed by atoms with Gasteiger partial charge in [-0.2, -0.15) is 5.26 Å². The van der Waals surface area contributed by atoms with Gasteiger partial charge in [0.25, 0.3) is 0 Å². The van der Waals surface area contributed by atoms with Crippen LogP contribution < -0.4 is 0 Å². The van der Waals surface area contributed by atoms with Gasteiger partial charge in [-0.3, -0.25) is 14.4 Å². The van der Waals surface area contributed by atoms with Crippen LogP contribution in [0, 0.1) is 62.1 Å². The van der Waals surface area contributed by atoms with E-state index in [9.17, 15) is 19.6 Å². The Hall–Kier alpha value is -2.22. The largest absolute Gasteiger partial charge is 0.469 e. The number of fused-ring (bicyclic) bond motifs is 7. The zero-order valence-electron chi connectivity index (χ0n) is 23.0. The van der Waals surface area contributed by atoms with E-state index in [1.54, 1.807) is 0 Å². The van der Waals surface area contributed by atoms with Crippen molar-refractivity contribution in [3.8, 4) is 6.07 Å². The molecule has 0 N–H and O–H groups in total. The summed E-state index contributed by atoms with van der Waals surface area (Å²) in [5.74, 6) is -0.522. The Labute approximate surface area is 215 Å². The molecule has 0 aromatic heterocycles. The van der Waals surface area contributed by atoms with Crippen LogP contribution in [-0.4, -0.2) is 24.6 Å². The van der Waals surface area contributed by atoms with Crippen LogP contribution in [0.2, 0.25) is 0 Å². The van der Waals surface area contributed by atoms with Crippen molar-refractivity contribution in [2.75, 3.05) is 7.11 Å². The average molecular weight is 492 g/mol. The molecule has 3 saturated carbocycles. The summed E-state index contributed by atoms with van der Waals surface area (Å²) < 4.78 is 5.39. The third-order valence-electron chi connectivity index (χ3n) is 12.1. The highest BCUT2D eigenvalue weighted by Gasteiger charge is 2.70. The second kappa shape index (κ2) is 7.65. The Morgan fingerprint density at radius 3 is 2.33 bits per heavy atom. The molecule has 5 aliphatic carbocycles. The predicted molar refractivity (Wildman–Crippen MR) is 136 cm³/mol. The highest BCUT2D eigenvalue weighted by molar-refractivity contribution is 6.02. The van der Waals surface area contributed by atoms with Crippen molar-refractivity contribution in [1.29, 1.82) is 5.26 Å². The molecule has 0 aliphatic heterocycles. The predicted octanol–water partition coefficient (Wildman–Crippen LogP) is 5.99. The van der Waals surface area contributed by atoms with Crippen LogP contribution in [0.1, 0.15) is 86.5 Å². The fraction of sp³-hybridized carbons (Fsp3) is 0.742. The summed E-state index contributed by atoms with van der Waals surface area (Å²) >= 11 is 0. The Kier molecular flexibility index (Phi) is 5.40. The summed E-state index contributed by atoms with van der Waals surface area (Å²) in [6, 6.07) is 2.15. The number of hydrogen-bond acceptors (Lipinski definition) is 5. The standard InChI is InChI=1S/C31H41NO4/c1-18-20-8-9-29(5)23(28(20,4)15-19(17-32)25(18)34)14-22(33)24-21-16-27(2,3)10-12-31(21,26(35)36-7)13-11-30(24,29)6/h14-15,18,20-21,24H,8-13,16H2,1-7H3/t18-,20-,21?,24?,28-,29+,30+,31-/m0/s1. The first-order valence-electron chi connectivity index (χ1n) is 13.7. The molecular formula is C31H41NO4. The normalized spacial score (nSPS) is 47.2. The minimum atomic E-state index is -0.591. The molecule has 0 amide bonds. The zero-order valence-corrected chi connectivity index (χ0v) is 23.0. The summed E-state index contributed by atoms with van der Waals surface area (Å²) in [6.45, 7) is 13.2. The number of ketones is 2. The number of carbonyl (C=O) groups is 3. The maximum Gasteiger partial charge on any atom is 0.312 e. The average Bonchev–Trinajstić information content (AvgIpc) is 2.82.